The maximum atomic E-state index is 10.8. The molecule has 17 heavy (non-hydrogen) atoms. The molecule has 0 radical (unpaired) electrons. The molecular formula is C11H7ClN2O3. The van der Waals surface area contributed by atoms with Crippen LogP contribution in [-0.2, 0) is 0 Å². The molecule has 1 aromatic heterocycles. The number of halogens is 1. The lowest BCUT2D eigenvalue weighted by molar-refractivity contribution is 0.0696. The van der Waals surface area contributed by atoms with Crippen LogP contribution in [0.2, 0.25) is 5.15 Å². The topological polar surface area (TPSA) is 72.3 Å². The van der Waals surface area contributed by atoms with E-state index in [1.165, 1.54) is 24.5 Å². The van der Waals surface area contributed by atoms with Gasteiger partial charge < -0.3 is 9.84 Å². The molecule has 0 aliphatic rings. The van der Waals surface area contributed by atoms with E-state index in [2.05, 4.69) is 9.97 Å². The lowest BCUT2D eigenvalue weighted by atomic mass is 10.2. The second kappa shape index (κ2) is 4.80. The molecule has 1 heterocycles. The molecule has 0 fully saturated rings. The molecule has 0 bridgehead atoms. The van der Waals surface area contributed by atoms with E-state index in [9.17, 15) is 4.79 Å². The van der Waals surface area contributed by atoms with Crippen LogP contribution in [0.25, 0.3) is 0 Å². The lowest BCUT2D eigenvalue weighted by Crippen LogP contribution is -1.96. The van der Waals surface area contributed by atoms with Gasteiger partial charge in [-0.05, 0) is 18.2 Å². The Bertz CT molecular complexity index is 560. The Hall–Kier alpha value is -2.14. The summed E-state index contributed by atoms with van der Waals surface area (Å²) in [5.74, 6) is -0.450. The minimum absolute atomic E-state index is 0.137. The highest BCUT2D eigenvalue weighted by Gasteiger charge is 2.05. The van der Waals surface area contributed by atoms with Gasteiger partial charge in [0.15, 0.2) is 5.15 Å². The molecule has 0 atom stereocenters. The van der Waals surface area contributed by atoms with Gasteiger partial charge in [-0.25, -0.2) is 4.79 Å². The van der Waals surface area contributed by atoms with E-state index in [1.54, 1.807) is 12.1 Å². The van der Waals surface area contributed by atoms with Gasteiger partial charge in [-0.1, -0.05) is 17.7 Å². The maximum Gasteiger partial charge on any atom is 0.335 e. The fourth-order valence-corrected chi connectivity index (χ4v) is 1.33. The summed E-state index contributed by atoms with van der Waals surface area (Å²) in [6, 6.07) is 6.07. The van der Waals surface area contributed by atoms with E-state index in [4.69, 9.17) is 21.4 Å². The van der Waals surface area contributed by atoms with Gasteiger partial charge in [-0.15, -0.1) is 0 Å². The predicted octanol–water partition coefficient (Wildman–Crippen LogP) is 2.62. The van der Waals surface area contributed by atoms with Crippen LogP contribution >= 0.6 is 11.6 Å². The molecule has 0 amide bonds. The van der Waals surface area contributed by atoms with Crippen molar-refractivity contribution in [1.82, 2.24) is 9.97 Å². The molecule has 0 spiro atoms. The molecule has 6 heteroatoms. The monoisotopic (exact) mass is 250 g/mol. The largest absolute Gasteiger partial charge is 0.478 e. The van der Waals surface area contributed by atoms with Crippen molar-refractivity contribution in [3.05, 3.63) is 47.4 Å². The quantitative estimate of drug-likeness (QED) is 0.907. The molecule has 0 aliphatic carbocycles. The molecule has 86 valence electrons. The number of carboxylic acids is 1. The van der Waals surface area contributed by atoms with Crippen molar-refractivity contribution in [2.75, 3.05) is 0 Å². The van der Waals surface area contributed by atoms with Gasteiger partial charge in [0.25, 0.3) is 0 Å². The first kappa shape index (κ1) is 11.3. The van der Waals surface area contributed by atoms with Crippen molar-refractivity contribution in [3.8, 4) is 11.6 Å². The summed E-state index contributed by atoms with van der Waals surface area (Å²) in [4.78, 5) is 18.4. The molecule has 1 aromatic carbocycles. The molecular weight excluding hydrogens is 244 g/mol. The van der Waals surface area contributed by atoms with Gasteiger partial charge >= 0.3 is 5.97 Å². The second-order valence-electron chi connectivity index (χ2n) is 3.12. The molecule has 5 nitrogen and oxygen atoms in total. The predicted molar refractivity (Wildman–Crippen MR) is 60.5 cm³/mol. The molecule has 0 saturated heterocycles. The van der Waals surface area contributed by atoms with Gasteiger partial charge in [-0.3, -0.25) is 4.98 Å². The summed E-state index contributed by atoms with van der Waals surface area (Å²) < 4.78 is 5.33. The van der Waals surface area contributed by atoms with Gasteiger partial charge in [-0.2, -0.15) is 4.98 Å². The van der Waals surface area contributed by atoms with Crippen LogP contribution in [0.5, 0.6) is 11.6 Å². The number of ether oxygens (including phenoxy) is 1. The Morgan fingerprint density at radius 2 is 2.18 bits per heavy atom. The summed E-state index contributed by atoms with van der Waals surface area (Å²) in [7, 11) is 0. The normalized spacial score (nSPS) is 9.94. The first-order valence-electron chi connectivity index (χ1n) is 4.64. The minimum Gasteiger partial charge on any atom is -0.478 e. The van der Waals surface area contributed by atoms with Gasteiger partial charge in [0.05, 0.1) is 18.0 Å². The fourth-order valence-electron chi connectivity index (χ4n) is 1.19. The lowest BCUT2D eigenvalue weighted by Gasteiger charge is -2.04. The molecule has 2 aromatic rings. The minimum atomic E-state index is -1.02. The van der Waals surface area contributed by atoms with E-state index in [0.29, 0.717) is 5.75 Å². The molecule has 1 N–H and O–H groups in total. The summed E-state index contributed by atoms with van der Waals surface area (Å²) in [5, 5.41) is 9.02. The molecule has 0 unspecified atom stereocenters. The van der Waals surface area contributed by atoms with Crippen molar-refractivity contribution in [2.24, 2.45) is 0 Å². The van der Waals surface area contributed by atoms with Crippen LogP contribution < -0.4 is 4.74 Å². The Morgan fingerprint density at radius 1 is 1.35 bits per heavy atom. The van der Waals surface area contributed by atoms with Gasteiger partial charge in [0.2, 0.25) is 5.88 Å². The highest BCUT2D eigenvalue weighted by Crippen LogP contribution is 2.20. The fraction of sp³-hybridized carbons (Fsp3) is 0. The SMILES string of the molecule is O=C(O)c1cccc(Oc2cncc(Cl)n2)c1. The summed E-state index contributed by atoms with van der Waals surface area (Å²) in [6.45, 7) is 0. The molecule has 2 rings (SSSR count). The van der Waals surface area contributed by atoms with Crippen molar-refractivity contribution >= 4 is 17.6 Å². The van der Waals surface area contributed by atoms with Crippen LogP contribution in [0.3, 0.4) is 0 Å². The number of carbonyl (C=O) groups is 1. The maximum absolute atomic E-state index is 10.8. The summed E-state index contributed by atoms with van der Waals surface area (Å²) in [5.41, 5.74) is 0.137. The zero-order valence-electron chi connectivity index (χ0n) is 8.50. The number of aromatic carboxylic acids is 1. The van der Waals surface area contributed by atoms with E-state index in [0.717, 1.165) is 0 Å². The van der Waals surface area contributed by atoms with Crippen LogP contribution in [0.15, 0.2) is 36.7 Å². The van der Waals surface area contributed by atoms with Crippen LogP contribution in [0.4, 0.5) is 0 Å². The first-order chi connectivity index (χ1) is 8.15. The Balaban J connectivity index is 2.24. The Morgan fingerprint density at radius 3 is 2.88 bits per heavy atom. The van der Waals surface area contributed by atoms with Gasteiger partial charge in [0, 0.05) is 0 Å². The van der Waals surface area contributed by atoms with E-state index < -0.39 is 5.97 Å². The highest BCUT2D eigenvalue weighted by molar-refractivity contribution is 6.29. The first-order valence-corrected chi connectivity index (χ1v) is 5.02. The second-order valence-corrected chi connectivity index (χ2v) is 3.50. The third-order valence-corrected chi connectivity index (χ3v) is 2.07. The number of hydrogen-bond donors (Lipinski definition) is 1. The van der Waals surface area contributed by atoms with Crippen molar-refractivity contribution in [2.45, 2.75) is 0 Å². The standard InChI is InChI=1S/C11H7ClN2O3/c12-9-5-13-6-10(14-9)17-8-3-1-2-7(4-8)11(15)16/h1-6H,(H,15,16). The number of rotatable bonds is 3. The van der Waals surface area contributed by atoms with Gasteiger partial charge in [0.1, 0.15) is 5.75 Å². The van der Waals surface area contributed by atoms with Crippen LogP contribution in [0.1, 0.15) is 10.4 Å². The number of carboxylic acid groups (broad SMARTS) is 1. The smallest absolute Gasteiger partial charge is 0.335 e. The number of hydrogen-bond acceptors (Lipinski definition) is 4. The average molecular weight is 251 g/mol. The van der Waals surface area contributed by atoms with E-state index in [-0.39, 0.29) is 16.6 Å². The third-order valence-electron chi connectivity index (χ3n) is 1.89. The van der Waals surface area contributed by atoms with E-state index in [1.807, 2.05) is 0 Å². The van der Waals surface area contributed by atoms with Crippen LogP contribution in [0, 0.1) is 0 Å². The zero-order chi connectivity index (χ0) is 12.3. The number of aromatic nitrogens is 2. The Kier molecular flexibility index (Phi) is 3.20. The van der Waals surface area contributed by atoms with Crippen LogP contribution in [-0.4, -0.2) is 21.0 Å². The molecule has 0 aliphatic heterocycles. The zero-order valence-corrected chi connectivity index (χ0v) is 9.26. The third kappa shape index (κ3) is 2.92. The van der Waals surface area contributed by atoms with Crippen molar-refractivity contribution in [3.63, 3.8) is 0 Å². The Labute approximate surface area is 102 Å². The molecule has 0 saturated carbocycles. The highest BCUT2D eigenvalue weighted by atomic mass is 35.5. The number of nitrogens with zero attached hydrogens (tertiary/aromatic N) is 2. The van der Waals surface area contributed by atoms with Crippen molar-refractivity contribution in [1.29, 1.82) is 0 Å². The number of benzene rings is 1. The average Bonchev–Trinajstić information content (AvgIpc) is 2.29. The van der Waals surface area contributed by atoms with E-state index >= 15 is 0 Å². The van der Waals surface area contributed by atoms with Crippen molar-refractivity contribution < 1.29 is 14.6 Å². The summed E-state index contributed by atoms with van der Waals surface area (Å²) in [6.07, 6.45) is 2.77. The summed E-state index contributed by atoms with van der Waals surface area (Å²) >= 11 is 5.65.